The lowest BCUT2D eigenvalue weighted by Crippen LogP contribution is -2.04. The highest BCUT2D eigenvalue weighted by Gasteiger charge is 2.00. The Labute approximate surface area is 125 Å². The van der Waals surface area contributed by atoms with Gasteiger partial charge in [-0.2, -0.15) is 0 Å². The van der Waals surface area contributed by atoms with Crippen molar-refractivity contribution in [2.75, 3.05) is 5.75 Å². The average molecular weight is 305 g/mol. The molecule has 2 aromatic rings. The van der Waals surface area contributed by atoms with E-state index < -0.39 is 10.1 Å². The van der Waals surface area contributed by atoms with Crippen molar-refractivity contribution in [1.29, 1.82) is 0 Å². The quantitative estimate of drug-likeness (QED) is 0.797. The van der Waals surface area contributed by atoms with E-state index in [1.807, 2.05) is 60.9 Å². The Kier molecular flexibility index (Phi) is 7.36. The zero-order valence-corrected chi connectivity index (χ0v) is 12.6. The number of nitrogens with one attached hydrogen (secondary N) is 1. The van der Waals surface area contributed by atoms with E-state index in [0.717, 1.165) is 11.1 Å². The van der Waals surface area contributed by atoms with E-state index in [2.05, 4.69) is 11.6 Å². The normalized spacial score (nSPS) is 10.3. The number of benzene rings is 1. The number of H-pyrrole nitrogens is 1. The molecule has 1 aromatic carbocycles. The molecule has 0 radical (unpaired) electrons. The smallest absolute Gasteiger partial charge is 0.166 e. The fourth-order valence-electron chi connectivity index (χ4n) is 1.62. The van der Waals surface area contributed by atoms with Crippen LogP contribution in [0.15, 0.2) is 67.5 Å². The van der Waals surface area contributed by atoms with Crippen molar-refractivity contribution in [3.05, 3.63) is 73.1 Å². The van der Waals surface area contributed by atoms with Gasteiger partial charge in [0, 0.05) is 17.9 Å². The summed E-state index contributed by atoms with van der Waals surface area (Å²) < 4.78 is 31.1. The van der Waals surface area contributed by atoms with Gasteiger partial charge < -0.3 is 4.55 Å². The van der Waals surface area contributed by atoms with Crippen molar-refractivity contribution in [3.63, 3.8) is 0 Å². The largest absolute Gasteiger partial charge is 0.748 e. The third-order valence-electron chi connectivity index (χ3n) is 2.66. The van der Waals surface area contributed by atoms with Crippen LogP contribution in [-0.4, -0.2) is 18.7 Å². The van der Waals surface area contributed by atoms with E-state index >= 15 is 0 Å². The maximum Gasteiger partial charge on any atom is 0.166 e. The fourth-order valence-corrected chi connectivity index (χ4v) is 2.12. The summed E-state index contributed by atoms with van der Waals surface area (Å²) >= 11 is 0. The average Bonchev–Trinajstić information content (AvgIpc) is 2.49. The molecule has 5 heteroatoms. The molecule has 0 fully saturated rings. The Hall–Kier alpha value is -1.98. The van der Waals surface area contributed by atoms with Crippen LogP contribution in [0.5, 0.6) is 0 Å². The first-order valence-corrected chi connectivity index (χ1v) is 8.14. The highest BCUT2D eigenvalue weighted by Crippen LogP contribution is 2.17. The monoisotopic (exact) mass is 305 g/mol. The summed E-state index contributed by atoms with van der Waals surface area (Å²) in [7, 11) is -4.09. The van der Waals surface area contributed by atoms with Crippen molar-refractivity contribution >= 4 is 15.7 Å². The molecule has 0 amide bonds. The standard InChI is InChI=1S/C11H14O3S.C5H5N/c1-10(6-5-9-15(12,13)14)11-7-3-2-4-8-11;1-2-4-6-5-3-1/h2-4,7-8H,1,5-6,9H2,(H,12,13,14);1-5H. The molecule has 0 aliphatic heterocycles. The van der Waals surface area contributed by atoms with Gasteiger partial charge in [0.2, 0.25) is 0 Å². The first-order chi connectivity index (χ1) is 9.99. The first kappa shape index (κ1) is 17.1. The molecule has 0 aliphatic carbocycles. The topological polar surface area (TPSA) is 71.3 Å². The molecule has 0 unspecified atom stereocenters. The van der Waals surface area contributed by atoms with Gasteiger partial charge in [-0.1, -0.05) is 43.0 Å². The second kappa shape index (κ2) is 9.05. The Morgan fingerprint density at radius 3 is 2.05 bits per heavy atom. The molecule has 1 heterocycles. The van der Waals surface area contributed by atoms with Gasteiger partial charge in [-0.15, -0.1) is 0 Å². The molecule has 4 nitrogen and oxygen atoms in total. The summed E-state index contributed by atoms with van der Waals surface area (Å²) in [6.07, 6.45) is 4.62. The van der Waals surface area contributed by atoms with Crippen LogP contribution in [0.3, 0.4) is 0 Å². The lowest BCUT2D eigenvalue weighted by molar-refractivity contribution is -0.377. The lowest BCUT2D eigenvalue weighted by Gasteiger charge is -2.08. The van der Waals surface area contributed by atoms with Gasteiger partial charge in [0.15, 0.2) is 12.4 Å². The van der Waals surface area contributed by atoms with Crippen LogP contribution in [0, 0.1) is 0 Å². The van der Waals surface area contributed by atoms with Gasteiger partial charge in [-0.05, 0) is 24.0 Å². The van der Waals surface area contributed by atoms with Gasteiger partial charge in [0.05, 0.1) is 10.1 Å². The van der Waals surface area contributed by atoms with Crippen molar-refractivity contribution in [3.8, 4) is 0 Å². The molecule has 0 saturated heterocycles. The van der Waals surface area contributed by atoms with Crippen LogP contribution in [0.2, 0.25) is 0 Å². The van der Waals surface area contributed by atoms with Gasteiger partial charge in [-0.25, -0.2) is 13.4 Å². The van der Waals surface area contributed by atoms with Crippen LogP contribution in [-0.2, 0) is 10.1 Å². The first-order valence-electron chi connectivity index (χ1n) is 6.57. The van der Waals surface area contributed by atoms with E-state index in [0.29, 0.717) is 12.8 Å². The number of rotatable bonds is 5. The Bertz CT molecular complexity index is 598. The summed E-state index contributed by atoms with van der Waals surface area (Å²) in [4.78, 5) is 2.89. The minimum Gasteiger partial charge on any atom is -0.748 e. The van der Waals surface area contributed by atoms with E-state index in [1.54, 1.807) is 0 Å². The Morgan fingerprint density at radius 2 is 1.62 bits per heavy atom. The summed E-state index contributed by atoms with van der Waals surface area (Å²) in [5.41, 5.74) is 1.85. The third-order valence-corrected chi connectivity index (χ3v) is 3.45. The predicted octanol–water partition coefficient (Wildman–Crippen LogP) is 2.53. The molecule has 0 spiro atoms. The molecule has 0 bridgehead atoms. The van der Waals surface area contributed by atoms with Crippen molar-refractivity contribution in [1.82, 2.24) is 0 Å². The van der Waals surface area contributed by atoms with E-state index in [9.17, 15) is 13.0 Å². The van der Waals surface area contributed by atoms with Gasteiger partial charge in [-0.3, -0.25) is 0 Å². The molecule has 112 valence electrons. The number of aromatic amines is 1. The van der Waals surface area contributed by atoms with Gasteiger partial charge in [0.1, 0.15) is 0 Å². The SMILES string of the molecule is C=C(CCCS(=O)(=O)[O-])c1ccccc1.c1cc[nH+]cc1. The second-order valence-electron chi connectivity index (χ2n) is 4.41. The summed E-state index contributed by atoms with van der Waals surface area (Å²) in [5, 5.41) is 0. The molecular weight excluding hydrogens is 286 g/mol. The molecule has 0 aliphatic rings. The number of aromatic nitrogens is 1. The maximum absolute atomic E-state index is 10.4. The molecule has 2 rings (SSSR count). The number of hydrogen-bond donors (Lipinski definition) is 0. The lowest BCUT2D eigenvalue weighted by atomic mass is 10.0. The summed E-state index contributed by atoms with van der Waals surface area (Å²) in [6.45, 7) is 3.85. The second-order valence-corrected chi connectivity index (χ2v) is 5.94. The fraction of sp³-hybridized carbons (Fsp3) is 0.188. The molecular formula is C16H19NO3S. The highest BCUT2D eigenvalue weighted by atomic mass is 32.2. The molecule has 0 saturated carbocycles. The van der Waals surface area contributed by atoms with Gasteiger partial charge >= 0.3 is 0 Å². The van der Waals surface area contributed by atoms with Crippen LogP contribution in [0.25, 0.3) is 5.57 Å². The van der Waals surface area contributed by atoms with Crippen LogP contribution < -0.4 is 4.98 Å². The molecule has 21 heavy (non-hydrogen) atoms. The predicted molar refractivity (Wildman–Crippen MR) is 82.3 cm³/mol. The minimum atomic E-state index is -4.09. The van der Waals surface area contributed by atoms with Gasteiger partial charge in [0.25, 0.3) is 0 Å². The van der Waals surface area contributed by atoms with E-state index in [4.69, 9.17) is 0 Å². The molecule has 1 aromatic heterocycles. The van der Waals surface area contributed by atoms with Crippen LogP contribution in [0.4, 0.5) is 0 Å². The summed E-state index contributed by atoms with van der Waals surface area (Å²) in [5.74, 6) is -0.321. The number of allylic oxidation sites excluding steroid dienone is 1. The Balaban J connectivity index is 0.000000304. The third kappa shape index (κ3) is 8.73. The van der Waals surface area contributed by atoms with Crippen molar-refractivity contribution in [2.24, 2.45) is 0 Å². The maximum atomic E-state index is 10.4. The van der Waals surface area contributed by atoms with Crippen molar-refractivity contribution < 1.29 is 18.0 Å². The number of hydrogen-bond acceptors (Lipinski definition) is 3. The van der Waals surface area contributed by atoms with Crippen molar-refractivity contribution in [2.45, 2.75) is 12.8 Å². The number of pyridine rings is 1. The van der Waals surface area contributed by atoms with E-state index in [1.165, 1.54) is 0 Å². The molecule has 1 N–H and O–H groups in total. The van der Waals surface area contributed by atoms with E-state index in [-0.39, 0.29) is 5.75 Å². The summed E-state index contributed by atoms with van der Waals surface area (Å²) in [6, 6.07) is 15.4. The zero-order chi connectivity index (χ0) is 15.6. The van der Waals surface area contributed by atoms with Crippen LogP contribution in [0.1, 0.15) is 18.4 Å². The minimum absolute atomic E-state index is 0.321. The molecule has 0 atom stereocenters. The highest BCUT2D eigenvalue weighted by molar-refractivity contribution is 7.85. The Morgan fingerprint density at radius 1 is 1.05 bits per heavy atom. The van der Waals surface area contributed by atoms with Crippen LogP contribution >= 0.6 is 0 Å². The zero-order valence-electron chi connectivity index (χ0n) is 11.7.